The Bertz CT molecular complexity index is 2700. The van der Waals surface area contributed by atoms with Crippen LogP contribution < -0.4 is 0 Å². The van der Waals surface area contributed by atoms with E-state index in [9.17, 15) is 4.79 Å². The summed E-state index contributed by atoms with van der Waals surface area (Å²) in [4.78, 5) is 30.1. The van der Waals surface area contributed by atoms with Crippen LogP contribution >= 0.6 is 0 Å². The third-order valence-electron chi connectivity index (χ3n) is 24.7. The van der Waals surface area contributed by atoms with Crippen molar-refractivity contribution in [2.24, 2.45) is 47.3 Å². The van der Waals surface area contributed by atoms with Crippen molar-refractivity contribution in [2.45, 2.75) is 439 Å². The summed E-state index contributed by atoms with van der Waals surface area (Å²) in [7, 11) is -6.54. The fourth-order valence-corrected chi connectivity index (χ4v) is 30.5. The third kappa shape index (κ3) is 29.3. The second-order valence-corrected chi connectivity index (χ2v) is 45.5. The first-order valence-corrected chi connectivity index (χ1v) is 48.9. The second kappa shape index (κ2) is 48.7. The molecule has 2 aromatic carbocycles. The molecule has 16 heteroatoms. The van der Waals surface area contributed by atoms with Crippen LogP contribution in [-0.4, -0.2) is 104 Å². The molecule has 108 heavy (non-hydrogen) atoms. The van der Waals surface area contributed by atoms with Gasteiger partial charge in [0.05, 0.1) is 19.1 Å². The van der Waals surface area contributed by atoms with E-state index in [0.29, 0.717) is 30.6 Å². The van der Waals surface area contributed by atoms with Crippen molar-refractivity contribution in [3.8, 4) is 0 Å². The Balaban J connectivity index is 1.05. The van der Waals surface area contributed by atoms with Gasteiger partial charge in [-0.2, -0.15) is 0 Å². The molecule has 0 amide bonds. The molecule has 0 aromatic heterocycles. The van der Waals surface area contributed by atoms with Gasteiger partial charge in [-0.1, -0.05) is 346 Å². The minimum absolute atomic E-state index is 0.0144. The summed E-state index contributed by atoms with van der Waals surface area (Å²) in [6, 6.07) is 19.7. The first-order valence-electron chi connectivity index (χ1n) is 44.9. The number of fused-ring (bicyclic) bond motifs is 4. The Labute approximate surface area is 662 Å². The first-order chi connectivity index (χ1) is 51.9. The van der Waals surface area contributed by atoms with Gasteiger partial charge in [0.25, 0.3) is 0 Å². The number of rotatable bonds is 52. The van der Waals surface area contributed by atoms with Crippen LogP contribution in [0.1, 0.15) is 367 Å². The van der Waals surface area contributed by atoms with E-state index in [4.69, 9.17) is 55.6 Å². The average Bonchev–Trinajstić information content (AvgIpc) is 1.56. The molecule has 2 aromatic rings. The fraction of sp³-hybridized carbons (Fsp3) is 0.848. The van der Waals surface area contributed by atoms with Crippen molar-refractivity contribution in [2.75, 3.05) is 13.2 Å². The molecule has 5 aliphatic rings. The molecule has 5 aliphatic heterocycles. The van der Waals surface area contributed by atoms with Crippen molar-refractivity contribution in [3.63, 3.8) is 0 Å². The number of esters is 2. The Hall–Kier alpha value is -2.59. The monoisotopic (exact) mass is 1550 g/mol. The van der Waals surface area contributed by atoms with Gasteiger partial charge in [-0.15, -0.1) is 0 Å². The Kier molecular flexibility index (Phi) is 41.8. The van der Waals surface area contributed by atoms with Gasteiger partial charge in [-0.05, 0) is 115 Å². The van der Waals surface area contributed by atoms with E-state index >= 15 is 4.79 Å². The van der Waals surface area contributed by atoms with Gasteiger partial charge in [-0.25, -0.2) is 0 Å². The molecule has 0 bridgehead atoms. The predicted molar refractivity (Wildman–Crippen MR) is 443 cm³/mol. The molecule has 0 radical (unpaired) electrons. The zero-order valence-corrected chi connectivity index (χ0v) is 73.8. The minimum Gasteiger partial charge on any atom is -0.455 e. The predicted octanol–water partition coefficient (Wildman–Crippen LogP) is 25.2. The number of benzene rings is 2. The lowest BCUT2D eigenvalue weighted by Gasteiger charge is -2.52. The minimum atomic E-state index is -3.31. The molecular weight excluding hydrogens is 1390 g/mol. The van der Waals surface area contributed by atoms with E-state index in [-0.39, 0.29) is 47.7 Å². The molecular formula is C92H160O14Si2. The third-order valence-corrected chi connectivity index (χ3v) is 35.0. The zero-order valence-electron chi connectivity index (χ0n) is 71.8. The Morgan fingerprint density at radius 1 is 0.380 bits per heavy atom. The van der Waals surface area contributed by atoms with Crippen molar-refractivity contribution in [3.05, 3.63) is 71.8 Å². The molecule has 5 fully saturated rings. The molecule has 0 N–H and O–H groups in total. The topological polar surface area (TPSA) is 145 Å². The van der Waals surface area contributed by atoms with Gasteiger partial charge < -0.3 is 55.6 Å². The summed E-state index contributed by atoms with van der Waals surface area (Å²) in [5, 5.41) is 0. The summed E-state index contributed by atoms with van der Waals surface area (Å²) in [6.45, 7) is 41.5. The van der Waals surface area contributed by atoms with Crippen LogP contribution in [0.25, 0.3) is 0 Å². The fourth-order valence-electron chi connectivity index (χ4n) is 19.2. The summed E-state index contributed by atoms with van der Waals surface area (Å²) < 4.78 is 86.0. The summed E-state index contributed by atoms with van der Waals surface area (Å²) in [5.74, 6) is 2.99. The maximum Gasteiger partial charge on any atom is 0.335 e. The molecule has 10 unspecified atom stereocenters. The molecule has 5 saturated heterocycles. The molecule has 14 nitrogen and oxygen atoms in total. The van der Waals surface area contributed by atoms with Crippen LogP contribution in [0.15, 0.2) is 60.7 Å². The van der Waals surface area contributed by atoms with E-state index < -0.39 is 109 Å². The van der Waals surface area contributed by atoms with Crippen molar-refractivity contribution >= 4 is 29.1 Å². The summed E-state index contributed by atoms with van der Waals surface area (Å²) >= 11 is 0. The number of carbonyl (C=O) groups excluding carboxylic acids is 2. The lowest BCUT2D eigenvalue weighted by atomic mass is 9.80. The first kappa shape index (κ1) is 92.6. The van der Waals surface area contributed by atoms with E-state index in [1.54, 1.807) is 0 Å². The van der Waals surface area contributed by atoms with Gasteiger partial charge in [0, 0.05) is 17.5 Å². The quantitative estimate of drug-likeness (QED) is 0.0352. The van der Waals surface area contributed by atoms with Crippen molar-refractivity contribution in [1.82, 2.24) is 0 Å². The summed E-state index contributed by atoms with van der Waals surface area (Å²) in [5.41, 5.74) is 1.71. The molecule has 20 atom stereocenters. The lowest BCUT2D eigenvalue weighted by molar-refractivity contribution is -0.409. The van der Waals surface area contributed by atoms with Crippen LogP contribution in [0.3, 0.4) is 0 Å². The van der Waals surface area contributed by atoms with Crippen molar-refractivity contribution in [1.29, 1.82) is 0 Å². The lowest BCUT2D eigenvalue weighted by Crippen LogP contribution is -2.68. The maximum atomic E-state index is 15.3. The van der Waals surface area contributed by atoms with Crippen LogP contribution in [0, 0.1) is 47.3 Å². The maximum absolute atomic E-state index is 15.3. The molecule has 0 saturated carbocycles. The molecule has 7 rings (SSSR count). The van der Waals surface area contributed by atoms with E-state index in [2.05, 4.69) is 118 Å². The number of ether oxygens (including phenoxy) is 9. The van der Waals surface area contributed by atoms with E-state index in [0.717, 1.165) is 61.0 Å². The highest BCUT2D eigenvalue weighted by Crippen LogP contribution is 2.52. The highest BCUT2D eigenvalue weighted by molar-refractivity contribution is 6.84. The standard InChI is InChI=1S/C92H160O14Si2/c1-19-21-23-25-27-29-31-33-35-37-39-41-49-55-81(93)99-86-84(100-88(94)76(18)62-75(17)61-74(16)60-73(15)59-72(14)58-71(13)57-70(12)56-69(11)50-44-40-38-36-34-32-30-28-26-24-22-20-2)82-79(63-95-89(101-82)77-51-45-42-46-52-77)97-91(86)103-92-87-85(83-80(98-92)64-96-90(102-83)78-53-47-43-48-54-78)104-107(65(3)4,66(5)6)106-108(105-87,67(7)8)68(9)10/h42-43,45-48,51-54,65-76,79-80,82-87,89-92H,19-41,44,49-50,55-64H2,1-18H3/t69?,70?,71?,72?,73?,74?,75?,76?,79-,80-,82-,83-,84+,85+,86-,87-,89?,90?,91-,92-/m1/s1. The van der Waals surface area contributed by atoms with Gasteiger partial charge in [0.1, 0.15) is 36.6 Å². The number of hydrogen-bond acceptors (Lipinski definition) is 14. The van der Waals surface area contributed by atoms with Crippen LogP contribution in [0.2, 0.25) is 22.2 Å². The highest BCUT2D eigenvalue weighted by atomic mass is 28.5. The van der Waals surface area contributed by atoms with Gasteiger partial charge in [0.2, 0.25) is 6.29 Å². The van der Waals surface area contributed by atoms with Crippen LogP contribution in [-0.2, 0) is 65.2 Å². The molecule has 620 valence electrons. The molecule has 5 heterocycles. The normalized spacial score (nSPS) is 27.2. The Morgan fingerprint density at radius 2 is 0.741 bits per heavy atom. The van der Waals surface area contributed by atoms with Gasteiger partial charge >= 0.3 is 29.1 Å². The smallest absolute Gasteiger partial charge is 0.335 e. The van der Waals surface area contributed by atoms with Gasteiger partial charge in [0.15, 0.2) is 31.1 Å². The second-order valence-electron chi connectivity index (χ2n) is 36.7. The molecule has 0 aliphatic carbocycles. The summed E-state index contributed by atoms with van der Waals surface area (Å²) in [6.07, 6.45) is 30.5. The zero-order chi connectivity index (χ0) is 78.2. The number of unbranched alkanes of at least 4 members (excludes halogenated alkanes) is 23. The van der Waals surface area contributed by atoms with Crippen LogP contribution in [0.5, 0.6) is 0 Å². The van der Waals surface area contributed by atoms with Gasteiger partial charge in [-0.3, -0.25) is 9.59 Å². The van der Waals surface area contributed by atoms with Crippen molar-refractivity contribution < 1.29 is 65.2 Å². The highest BCUT2D eigenvalue weighted by Gasteiger charge is 2.67. The van der Waals surface area contributed by atoms with E-state index in [1.807, 2.05) is 67.6 Å². The SMILES string of the molecule is CCCCCCCCCCCCCCCC(=O)O[C@H]1[C@@H](O[C@H]2O[C@@H]3COC(c4ccccc4)O[C@H]3[C@@H]3O[Si](C(C)C)(C(C)C)O[Si](C(C)C)(C(C)C)O[C@@H]23)O[C@@H]2COC(c3ccccc3)O[C@H]2[C@@H]1OC(=O)C(C)CC(C)CC(C)CC(C)CC(C)CC(C)CC(C)CC(C)CCCCCCCCCCCCCC. The Morgan fingerprint density at radius 3 is 1.17 bits per heavy atom. The molecule has 0 spiro atoms. The number of hydrogen-bond donors (Lipinski definition) is 0. The van der Waals surface area contributed by atoms with E-state index in [1.165, 1.54) is 167 Å². The average molecular weight is 1550 g/mol. The number of carbonyl (C=O) groups is 2. The van der Waals surface area contributed by atoms with Crippen LogP contribution in [0.4, 0.5) is 0 Å². The largest absolute Gasteiger partial charge is 0.455 e.